The second-order valence-corrected chi connectivity index (χ2v) is 11.7. The monoisotopic (exact) mass is 468 g/mol. The van der Waals surface area contributed by atoms with Crippen LogP contribution in [0.15, 0.2) is 59.5 Å². The Kier molecular flexibility index (Phi) is 8.39. The highest BCUT2D eigenvalue weighted by atomic mass is 32.2. The van der Waals surface area contributed by atoms with Gasteiger partial charge in [-0.2, -0.15) is 0 Å². The predicted octanol–water partition coefficient (Wildman–Crippen LogP) is 5.88. The number of likely N-dealkylation sites (tertiary alicyclic amines) is 1. The van der Waals surface area contributed by atoms with Crippen LogP contribution < -0.4 is 4.90 Å². The third kappa shape index (κ3) is 6.54. The van der Waals surface area contributed by atoms with Crippen LogP contribution in [0.25, 0.3) is 0 Å². The lowest BCUT2D eigenvalue weighted by Gasteiger charge is -2.39. The fraction of sp³-hybridized carbons (Fsp3) is 0.571. The number of para-hydroxylation sites is 1. The van der Waals surface area contributed by atoms with Gasteiger partial charge in [0.1, 0.15) is 0 Å². The molecule has 0 bridgehead atoms. The maximum absolute atomic E-state index is 6.33. The van der Waals surface area contributed by atoms with Gasteiger partial charge in [-0.15, -0.1) is 11.8 Å². The first kappa shape index (κ1) is 24.6. The predicted molar refractivity (Wildman–Crippen MR) is 139 cm³/mol. The van der Waals surface area contributed by atoms with Gasteiger partial charge in [0.25, 0.3) is 0 Å². The Hall–Kier alpha value is -1.53. The van der Waals surface area contributed by atoms with Gasteiger partial charge in [-0.3, -0.25) is 4.90 Å². The number of anilines is 1. The maximum Gasteiger partial charge on any atom is 0.0710 e. The van der Waals surface area contributed by atoms with Crippen molar-refractivity contribution in [3.05, 3.63) is 60.2 Å². The Morgan fingerprint density at radius 2 is 1.79 bits per heavy atom. The van der Waals surface area contributed by atoms with Gasteiger partial charge in [-0.25, -0.2) is 0 Å². The molecule has 3 unspecified atom stereocenters. The maximum atomic E-state index is 6.33. The molecule has 3 atom stereocenters. The van der Waals surface area contributed by atoms with Crippen molar-refractivity contribution < 1.29 is 9.47 Å². The first-order valence-electron chi connectivity index (χ1n) is 12.3. The summed E-state index contributed by atoms with van der Waals surface area (Å²) >= 11 is 1.99. The minimum absolute atomic E-state index is 0.170. The van der Waals surface area contributed by atoms with Crippen molar-refractivity contribution in [1.29, 1.82) is 0 Å². The molecule has 0 radical (unpaired) electrons. The van der Waals surface area contributed by atoms with Crippen LogP contribution in [0.1, 0.15) is 45.2 Å². The molecule has 4 rings (SSSR count). The minimum Gasteiger partial charge on any atom is -0.380 e. The largest absolute Gasteiger partial charge is 0.380 e. The van der Waals surface area contributed by atoms with Gasteiger partial charge >= 0.3 is 0 Å². The molecular weight excluding hydrogens is 428 g/mol. The summed E-state index contributed by atoms with van der Waals surface area (Å²) in [6.45, 7) is 11.3. The number of thioether (sulfide) groups is 1. The van der Waals surface area contributed by atoms with Crippen LogP contribution in [0.5, 0.6) is 0 Å². The van der Waals surface area contributed by atoms with Gasteiger partial charge in [0, 0.05) is 37.4 Å². The molecule has 2 aliphatic rings. The number of ether oxygens (including phenoxy) is 2. The number of hydrogen-bond donors (Lipinski definition) is 0. The normalized spacial score (nSPS) is 22.7. The van der Waals surface area contributed by atoms with E-state index in [9.17, 15) is 0 Å². The summed E-state index contributed by atoms with van der Waals surface area (Å²) in [6.07, 6.45) is 2.56. The topological polar surface area (TPSA) is 24.9 Å². The van der Waals surface area contributed by atoms with Crippen LogP contribution in [0.3, 0.4) is 0 Å². The number of nitrogens with zero attached hydrogens (tertiary/aromatic N) is 2. The number of methoxy groups -OCH3 is 1. The van der Waals surface area contributed by atoms with E-state index >= 15 is 0 Å². The molecular formula is C28H40N2O2S. The van der Waals surface area contributed by atoms with Gasteiger partial charge in [0.15, 0.2) is 0 Å². The first-order valence-corrected chi connectivity index (χ1v) is 13.3. The molecule has 2 aromatic rings. The number of fused-ring (bicyclic) bond motifs is 1. The van der Waals surface area contributed by atoms with E-state index < -0.39 is 0 Å². The standard InChI is InChI=1S/C28H40N2O2S/c1-28(2,3)21-32-20-23(29-16-14-24(19-29)31-4)18-30-25(22-10-6-5-7-11-22)15-17-33-27-13-9-8-12-26(27)30/h5-13,23-25H,14-21H2,1-4H3. The van der Waals surface area contributed by atoms with Gasteiger partial charge in [-0.1, -0.05) is 63.2 Å². The summed E-state index contributed by atoms with van der Waals surface area (Å²) in [5, 5.41) is 0. The third-order valence-corrected chi connectivity index (χ3v) is 7.76. The molecule has 180 valence electrons. The summed E-state index contributed by atoms with van der Waals surface area (Å²) in [7, 11) is 1.84. The van der Waals surface area contributed by atoms with Crippen LogP contribution in [0, 0.1) is 5.41 Å². The summed E-state index contributed by atoms with van der Waals surface area (Å²) in [5.41, 5.74) is 2.93. The Morgan fingerprint density at radius 1 is 1.03 bits per heavy atom. The van der Waals surface area contributed by atoms with Crippen molar-refractivity contribution in [2.24, 2.45) is 5.41 Å². The van der Waals surface area contributed by atoms with Gasteiger partial charge in [0.05, 0.1) is 37.1 Å². The lowest BCUT2D eigenvalue weighted by atomic mass is 9.98. The van der Waals surface area contributed by atoms with Crippen molar-refractivity contribution in [3.63, 3.8) is 0 Å². The molecule has 2 aliphatic heterocycles. The van der Waals surface area contributed by atoms with Crippen LogP contribution in [0.2, 0.25) is 0 Å². The number of benzene rings is 2. The number of hydrogen-bond acceptors (Lipinski definition) is 5. The summed E-state index contributed by atoms with van der Waals surface area (Å²) in [5.74, 6) is 1.13. The molecule has 4 nitrogen and oxygen atoms in total. The van der Waals surface area contributed by atoms with Crippen molar-refractivity contribution in [3.8, 4) is 0 Å². The molecule has 5 heteroatoms. The van der Waals surface area contributed by atoms with Crippen LogP contribution in [-0.2, 0) is 9.47 Å². The molecule has 2 aromatic carbocycles. The van der Waals surface area contributed by atoms with Crippen LogP contribution >= 0.6 is 11.8 Å². The first-order chi connectivity index (χ1) is 15.9. The summed E-state index contributed by atoms with van der Waals surface area (Å²) < 4.78 is 12.0. The lowest BCUT2D eigenvalue weighted by Crippen LogP contribution is -2.47. The van der Waals surface area contributed by atoms with E-state index in [0.29, 0.717) is 18.2 Å². The van der Waals surface area contributed by atoms with Crippen molar-refractivity contribution >= 4 is 17.4 Å². The molecule has 0 amide bonds. The Morgan fingerprint density at radius 3 is 2.52 bits per heavy atom. The van der Waals surface area contributed by atoms with Crippen molar-refractivity contribution in [2.45, 2.75) is 56.7 Å². The number of rotatable bonds is 8. The highest BCUT2D eigenvalue weighted by molar-refractivity contribution is 7.99. The smallest absolute Gasteiger partial charge is 0.0710 e. The summed E-state index contributed by atoms with van der Waals surface area (Å²) in [6, 6.07) is 20.7. The second-order valence-electron chi connectivity index (χ2n) is 10.6. The van der Waals surface area contributed by atoms with E-state index in [1.165, 1.54) is 16.1 Å². The van der Waals surface area contributed by atoms with Gasteiger partial charge in [-0.05, 0) is 36.0 Å². The lowest BCUT2D eigenvalue weighted by molar-refractivity contribution is 0.0257. The minimum atomic E-state index is 0.170. The average Bonchev–Trinajstić information content (AvgIpc) is 3.21. The summed E-state index contributed by atoms with van der Waals surface area (Å²) in [4.78, 5) is 6.65. The van der Waals surface area contributed by atoms with Crippen molar-refractivity contribution in [2.75, 3.05) is 50.6 Å². The molecule has 0 aromatic heterocycles. The second kappa shape index (κ2) is 11.3. The zero-order valence-corrected chi connectivity index (χ0v) is 21.5. The van der Waals surface area contributed by atoms with E-state index in [2.05, 4.69) is 85.2 Å². The van der Waals surface area contributed by atoms with Crippen molar-refractivity contribution in [1.82, 2.24) is 4.90 Å². The van der Waals surface area contributed by atoms with E-state index in [4.69, 9.17) is 9.47 Å². The van der Waals surface area contributed by atoms with Crippen LogP contribution in [-0.4, -0.2) is 62.8 Å². The zero-order valence-electron chi connectivity index (χ0n) is 20.7. The zero-order chi connectivity index (χ0) is 23.3. The molecule has 2 heterocycles. The molecule has 33 heavy (non-hydrogen) atoms. The molecule has 0 saturated carbocycles. The highest BCUT2D eigenvalue weighted by Crippen LogP contribution is 2.41. The highest BCUT2D eigenvalue weighted by Gasteiger charge is 2.33. The SMILES string of the molecule is COC1CCN(C(COCC(C)(C)C)CN2c3ccccc3SCCC2c2ccccc2)C1. The molecule has 0 spiro atoms. The van der Waals surface area contributed by atoms with E-state index in [0.717, 1.165) is 51.4 Å². The molecule has 0 N–H and O–H groups in total. The fourth-order valence-electron chi connectivity index (χ4n) is 4.95. The molecule has 1 saturated heterocycles. The van der Waals surface area contributed by atoms with Crippen LogP contribution in [0.4, 0.5) is 5.69 Å². The molecule has 0 aliphatic carbocycles. The quantitative estimate of drug-likeness (QED) is 0.482. The van der Waals surface area contributed by atoms with E-state index in [1.807, 2.05) is 18.9 Å². The Bertz CT molecular complexity index is 870. The Labute approximate surface area is 204 Å². The van der Waals surface area contributed by atoms with Gasteiger partial charge in [0.2, 0.25) is 0 Å². The van der Waals surface area contributed by atoms with E-state index in [1.54, 1.807) is 0 Å². The fourth-order valence-corrected chi connectivity index (χ4v) is 6.02. The van der Waals surface area contributed by atoms with E-state index in [-0.39, 0.29) is 5.41 Å². The Balaban J connectivity index is 1.62. The van der Waals surface area contributed by atoms with Gasteiger partial charge < -0.3 is 14.4 Å². The average molecular weight is 469 g/mol. The third-order valence-electron chi connectivity index (χ3n) is 6.66. The molecule has 1 fully saturated rings.